The van der Waals surface area contributed by atoms with Gasteiger partial charge in [0.1, 0.15) is 11.6 Å². The van der Waals surface area contributed by atoms with Crippen molar-refractivity contribution in [3.63, 3.8) is 0 Å². The maximum absolute atomic E-state index is 12.1. The average molecular weight is 294 g/mol. The van der Waals surface area contributed by atoms with Crippen molar-refractivity contribution < 1.29 is 19.5 Å². The van der Waals surface area contributed by atoms with E-state index < -0.39 is 29.4 Å². The Morgan fingerprint density at radius 3 is 2.67 bits per heavy atom. The monoisotopic (exact) mass is 294 g/mol. The summed E-state index contributed by atoms with van der Waals surface area (Å²) in [7, 11) is 0. The lowest BCUT2D eigenvalue weighted by molar-refractivity contribution is -0.142. The van der Waals surface area contributed by atoms with E-state index in [-0.39, 0.29) is 6.42 Å². The zero-order valence-corrected chi connectivity index (χ0v) is 11.8. The van der Waals surface area contributed by atoms with Crippen molar-refractivity contribution in [3.8, 4) is 0 Å². The number of carboxylic acids is 1. The zero-order chi connectivity index (χ0) is 16.0. The number of aliphatic carboxylic acids is 1. The van der Waals surface area contributed by atoms with Crippen LogP contribution in [0.1, 0.15) is 19.5 Å². The minimum Gasteiger partial charge on any atom is -0.480 e. The molecule has 8 nitrogen and oxygen atoms in total. The van der Waals surface area contributed by atoms with Crippen LogP contribution in [0.3, 0.4) is 0 Å². The third-order valence-electron chi connectivity index (χ3n) is 2.77. The van der Waals surface area contributed by atoms with Crippen LogP contribution in [0.5, 0.6) is 0 Å². The molecule has 2 amide bonds. The van der Waals surface area contributed by atoms with Crippen LogP contribution in [0.25, 0.3) is 0 Å². The van der Waals surface area contributed by atoms with Gasteiger partial charge in [0, 0.05) is 18.3 Å². The van der Waals surface area contributed by atoms with Crippen molar-refractivity contribution in [1.82, 2.24) is 20.6 Å². The molecule has 1 aromatic rings. The Kier molecular flexibility index (Phi) is 5.23. The molecule has 8 heteroatoms. The average Bonchev–Trinajstić information content (AvgIpc) is 2.89. The molecule has 1 rings (SSSR count). The molecular formula is C13H18N4O4. The second kappa shape index (κ2) is 6.69. The van der Waals surface area contributed by atoms with Gasteiger partial charge in [0.2, 0.25) is 11.8 Å². The summed E-state index contributed by atoms with van der Waals surface area (Å²) in [6.07, 6.45) is 4.00. The predicted molar refractivity (Wildman–Crippen MR) is 74.3 cm³/mol. The topological polar surface area (TPSA) is 124 Å². The largest absolute Gasteiger partial charge is 0.480 e. The van der Waals surface area contributed by atoms with Gasteiger partial charge in [-0.25, -0.2) is 9.78 Å². The molecule has 114 valence electrons. The summed E-state index contributed by atoms with van der Waals surface area (Å²) in [6.45, 7) is 6.24. The Balaban J connectivity index is 2.74. The van der Waals surface area contributed by atoms with Crippen molar-refractivity contribution >= 4 is 17.8 Å². The van der Waals surface area contributed by atoms with Crippen LogP contribution in [0, 0.1) is 0 Å². The van der Waals surface area contributed by atoms with Crippen molar-refractivity contribution in [2.75, 3.05) is 0 Å². The van der Waals surface area contributed by atoms with E-state index >= 15 is 0 Å². The highest BCUT2D eigenvalue weighted by atomic mass is 16.4. The number of H-pyrrole nitrogens is 1. The number of amides is 2. The molecule has 0 radical (unpaired) electrons. The number of hydrogen-bond acceptors (Lipinski definition) is 4. The standard InChI is InChI=1S/C13H18N4O4/c1-4-10(18)17-13(2,3)12(21)16-9(11(19)20)5-8-6-14-7-15-8/h4,6-7,9H,1,5H2,2-3H3,(H,14,15)(H,16,21)(H,17,18)(H,19,20). The second-order valence-corrected chi connectivity index (χ2v) is 4.96. The van der Waals surface area contributed by atoms with E-state index in [0.717, 1.165) is 6.08 Å². The molecule has 0 aliphatic heterocycles. The fourth-order valence-corrected chi connectivity index (χ4v) is 1.57. The first-order valence-corrected chi connectivity index (χ1v) is 6.22. The van der Waals surface area contributed by atoms with Crippen LogP contribution < -0.4 is 10.6 Å². The molecule has 0 saturated carbocycles. The smallest absolute Gasteiger partial charge is 0.326 e. The molecule has 1 aromatic heterocycles. The number of carbonyl (C=O) groups is 3. The van der Waals surface area contributed by atoms with Crippen molar-refractivity contribution in [1.29, 1.82) is 0 Å². The highest BCUT2D eigenvalue weighted by Crippen LogP contribution is 2.05. The summed E-state index contributed by atoms with van der Waals surface area (Å²) in [5, 5.41) is 14.0. The fraction of sp³-hybridized carbons (Fsp3) is 0.385. The fourth-order valence-electron chi connectivity index (χ4n) is 1.57. The van der Waals surface area contributed by atoms with Crippen LogP contribution in [-0.2, 0) is 20.8 Å². The third-order valence-corrected chi connectivity index (χ3v) is 2.77. The zero-order valence-electron chi connectivity index (χ0n) is 11.8. The molecule has 1 heterocycles. The van der Waals surface area contributed by atoms with Crippen molar-refractivity contribution in [3.05, 3.63) is 30.9 Å². The molecule has 0 aliphatic carbocycles. The van der Waals surface area contributed by atoms with Crippen LogP contribution in [0.4, 0.5) is 0 Å². The number of aromatic amines is 1. The molecule has 0 spiro atoms. The second-order valence-electron chi connectivity index (χ2n) is 4.96. The van der Waals surface area contributed by atoms with E-state index in [4.69, 9.17) is 5.11 Å². The number of nitrogens with one attached hydrogen (secondary N) is 3. The third kappa shape index (κ3) is 4.75. The van der Waals surface area contributed by atoms with Gasteiger partial charge in [-0.1, -0.05) is 6.58 Å². The van der Waals surface area contributed by atoms with Gasteiger partial charge in [-0.15, -0.1) is 0 Å². The molecule has 21 heavy (non-hydrogen) atoms. The molecular weight excluding hydrogens is 276 g/mol. The van der Waals surface area contributed by atoms with Gasteiger partial charge < -0.3 is 20.7 Å². The summed E-state index contributed by atoms with van der Waals surface area (Å²) < 4.78 is 0. The van der Waals surface area contributed by atoms with Gasteiger partial charge in [-0.3, -0.25) is 9.59 Å². The van der Waals surface area contributed by atoms with Gasteiger partial charge >= 0.3 is 5.97 Å². The molecule has 0 fully saturated rings. The van der Waals surface area contributed by atoms with E-state index in [9.17, 15) is 14.4 Å². The predicted octanol–water partition coefficient (Wildman–Crippen LogP) is -0.398. The quantitative estimate of drug-likeness (QED) is 0.509. The lowest BCUT2D eigenvalue weighted by Crippen LogP contribution is -2.58. The molecule has 0 saturated heterocycles. The minimum atomic E-state index is -1.26. The first-order valence-electron chi connectivity index (χ1n) is 6.22. The number of aromatic nitrogens is 2. The molecule has 0 bridgehead atoms. The number of nitrogens with zero attached hydrogens (tertiary/aromatic N) is 1. The SMILES string of the molecule is C=CC(=O)NC(C)(C)C(=O)NC(Cc1cnc[nH]1)C(=O)O. The number of carbonyl (C=O) groups excluding carboxylic acids is 2. The van der Waals surface area contributed by atoms with Gasteiger partial charge in [0.05, 0.1) is 6.33 Å². The van der Waals surface area contributed by atoms with Gasteiger partial charge in [0.25, 0.3) is 0 Å². The Morgan fingerprint density at radius 1 is 1.52 bits per heavy atom. The summed E-state index contributed by atoms with van der Waals surface area (Å²) in [5.74, 6) is -2.30. The number of imidazole rings is 1. The van der Waals surface area contributed by atoms with Crippen molar-refractivity contribution in [2.45, 2.75) is 31.8 Å². The number of rotatable bonds is 7. The summed E-state index contributed by atoms with van der Waals surface area (Å²) in [6, 6.07) is -1.13. The first-order chi connectivity index (χ1) is 9.76. The molecule has 1 atom stereocenters. The first kappa shape index (κ1) is 16.4. The van der Waals surface area contributed by atoms with Crippen molar-refractivity contribution in [2.24, 2.45) is 0 Å². The Morgan fingerprint density at radius 2 is 2.19 bits per heavy atom. The van der Waals surface area contributed by atoms with Gasteiger partial charge in [-0.2, -0.15) is 0 Å². The maximum Gasteiger partial charge on any atom is 0.326 e. The number of carboxylic acid groups (broad SMARTS) is 1. The maximum atomic E-state index is 12.1. The van der Waals surface area contributed by atoms with E-state index in [1.165, 1.54) is 26.4 Å². The lowest BCUT2D eigenvalue weighted by atomic mass is 10.0. The summed E-state index contributed by atoms with van der Waals surface area (Å²) in [5.41, 5.74) is -0.678. The van der Waals surface area contributed by atoms with Crippen LogP contribution in [0.2, 0.25) is 0 Å². The number of hydrogen-bond donors (Lipinski definition) is 4. The van der Waals surface area contributed by atoms with E-state index in [0.29, 0.717) is 5.69 Å². The van der Waals surface area contributed by atoms with E-state index in [1.807, 2.05) is 0 Å². The Bertz CT molecular complexity index is 536. The molecule has 4 N–H and O–H groups in total. The molecule has 0 aliphatic rings. The Hall–Kier alpha value is -2.64. The van der Waals surface area contributed by atoms with Crippen LogP contribution in [-0.4, -0.2) is 44.4 Å². The Labute approximate surface area is 121 Å². The van der Waals surface area contributed by atoms with Crippen LogP contribution >= 0.6 is 0 Å². The molecule has 1 unspecified atom stereocenters. The summed E-state index contributed by atoms with van der Waals surface area (Å²) in [4.78, 5) is 41.1. The molecule has 0 aromatic carbocycles. The van der Waals surface area contributed by atoms with E-state index in [2.05, 4.69) is 27.2 Å². The van der Waals surface area contributed by atoms with Gasteiger partial charge in [0.15, 0.2) is 0 Å². The highest BCUT2D eigenvalue weighted by Gasteiger charge is 2.32. The minimum absolute atomic E-state index is 0.0621. The normalized spacial score (nSPS) is 12.3. The van der Waals surface area contributed by atoms with Crippen LogP contribution in [0.15, 0.2) is 25.2 Å². The highest BCUT2D eigenvalue weighted by molar-refractivity contribution is 5.96. The lowest BCUT2D eigenvalue weighted by Gasteiger charge is -2.26. The summed E-state index contributed by atoms with van der Waals surface area (Å²) >= 11 is 0. The van der Waals surface area contributed by atoms with E-state index in [1.54, 1.807) is 0 Å². The van der Waals surface area contributed by atoms with Gasteiger partial charge in [-0.05, 0) is 19.9 Å².